The molecule has 0 spiro atoms. The van der Waals surface area contributed by atoms with Crippen LogP contribution in [0.1, 0.15) is 75.0 Å². The van der Waals surface area contributed by atoms with Crippen LogP contribution in [0.2, 0.25) is 0 Å². The standard InChI is InChI=1S/C15H25NO2/c1-4-6-7-8-9-10-13(5-2)14(17)15-12(3)16-11-18-15/h11,13H,4-10H2,1-3H3. The Bertz CT molecular complexity index is 357. The molecule has 0 saturated heterocycles. The minimum absolute atomic E-state index is 0.0956. The number of carbonyl (C=O) groups is 1. The van der Waals surface area contributed by atoms with Crippen LogP contribution >= 0.6 is 0 Å². The van der Waals surface area contributed by atoms with E-state index in [1.165, 1.54) is 32.1 Å². The molecule has 18 heavy (non-hydrogen) atoms. The van der Waals surface area contributed by atoms with Crippen molar-refractivity contribution in [3.05, 3.63) is 17.8 Å². The van der Waals surface area contributed by atoms with Crippen LogP contribution in [0.4, 0.5) is 0 Å². The monoisotopic (exact) mass is 251 g/mol. The first-order valence-electron chi connectivity index (χ1n) is 7.15. The molecule has 0 aliphatic rings. The van der Waals surface area contributed by atoms with Gasteiger partial charge in [-0.3, -0.25) is 4.79 Å². The van der Waals surface area contributed by atoms with Crippen molar-refractivity contribution < 1.29 is 9.21 Å². The number of hydrogen-bond acceptors (Lipinski definition) is 3. The van der Waals surface area contributed by atoms with Gasteiger partial charge in [0, 0.05) is 5.92 Å². The van der Waals surface area contributed by atoms with Gasteiger partial charge in [-0.1, -0.05) is 46.0 Å². The molecule has 0 aliphatic heterocycles. The van der Waals surface area contributed by atoms with Gasteiger partial charge in [0.25, 0.3) is 0 Å². The molecule has 1 unspecified atom stereocenters. The molecule has 1 aromatic heterocycles. The van der Waals surface area contributed by atoms with Gasteiger partial charge in [-0.05, 0) is 19.8 Å². The van der Waals surface area contributed by atoms with E-state index in [0.29, 0.717) is 11.5 Å². The molecule has 102 valence electrons. The highest BCUT2D eigenvalue weighted by molar-refractivity contribution is 5.96. The van der Waals surface area contributed by atoms with E-state index in [9.17, 15) is 4.79 Å². The van der Waals surface area contributed by atoms with Crippen molar-refractivity contribution in [2.75, 3.05) is 0 Å². The number of unbranched alkanes of at least 4 members (excludes halogenated alkanes) is 4. The normalized spacial score (nSPS) is 12.6. The molecule has 0 aliphatic carbocycles. The molecular weight excluding hydrogens is 226 g/mol. The molecule has 1 atom stereocenters. The molecule has 0 amide bonds. The van der Waals surface area contributed by atoms with E-state index in [4.69, 9.17) is 4.42 Å². The third-order valence-electron chi connectivity index (χ3n) is 3.49. The van der Waals surface area contributed by atoms with Gasteiger partial charge < -0.3 is 4.42 Å². The zero-order valence-corrected chi connectivity index (χ0v) is 11.9. The highest BCUT2D eigenvalue weighted by atomic mass is 16.3. The maximum absolute atomic E-state index is 12.2. The van der Waals surface area contributed by atoms with Crippen molar-refractivity contribution in [3.63, 3.8) is 0 Å². The summed E-state index contributed by atoms with van der Waals surface area (Å²) < 4.78 is 5.19. The van der Waals surface area contributed by atoms with Crippen LogP contribution in [0, 0.1) is 12.8 Å². The van der Waals surface area contributed by atoms with E-state index in [0.717, 1.165) is 19.3 Å². The Hall–Kier alpha value is -1.12. The minimum Gasteiger partial charge on any atom is -0.440 e. The summed E-state index contributed by atoms with van der Waals surface area (Å²) in [5.41, 5.74) is 0.712. The summed E-state index contributed by atoms with van der Waals surface area (Å²) in [6.07, 6.45) is 9.41. The van der Waals surface area contributed by atoms with Gasteiger partial charge >= 0.3 is 0 Å². The average Bonchev–Trinajstić information content (AvgIpc) is 2.79. The topological polar surface area (TPSA) is 43.1 Å². The second kappa shape index (κ2) is 8.06. The lowest BCUT2D eigenvalue weighted by Gasteiger charge is -2.12. The van der Waals surface area contributed by atoms with Crippen molar-refractivity contribution in [1.29, 1.82) is 0 Å². The summed E-state index contributed by atoms with van der Waals surface area (Å²) in [7, 11) is 0. The molecule has 3 nitrogen and oxygen atoms in total. The van der Waals surface area contributed by atoms with Gasteiger partial charge in [-0.15, -0.1) is 0 Å². The Morgan fingerprint density at radius 1 is 1.28 bits per heavy atom. The molecular formula is C15H25NO2. The number of carbonyl (C=O) groups excluding carboxylic acids is 1. The SMILES string of the molecule is CCCCCCCC(CC)C(=O)c1ocnc1C. The van der Waals surface area contributed by atoms with E-state index in [1.54, 1.807) is 0 Å². The summed E-state index contributed by atoms with van der Waals surface area (Å²) in [5.74, 6) is 0.677. The fourth-order valence-electron chi connectivity index (χ4n) is 2.24. The van der Waals surface area contributed by atoms with Crippen LogP contribution in [0.15, 0.2) is 10.8 Å². The maximum Gasteiger partial charge on any atom is 0.203 e. The van der Waals surface area contributed by atoms with Gasteiger partial charge in [0.05, 0.1) is 5.69 Å². The Morgan fingerprint density at radius 3 is 2.56 bits per heavy atom. The van der Waals surface area contributed by atoms with E-state index in [1.807, 2.05) is 6.92 Å². The lowest BCUT2D eigenvalue weighted by molar-refractivity contribution is 0.0878. The molecule has 1 rings (SSSR count). The van der Waals surface area contributed by atoms with Crippen LogP contribution in [0.5, 0.6) is 0 Å². The minimum atomic E-state index is 0.0956. The third kappa shape index (κ3) is 4.28. The molecule has 0 N–H and O–H groups in total. The largest absolute Gasteiger partial charge is 0.440 e. The Labute approximate surface area is 110 Å². The number of oxazole rings is 1. The number of hydrogen-bond donors (Lipinski definition) is 0. The molecule has 3 heteroatoms. The highest BCUT2D eigenvalue weighted by Gasteiger charge is 2.22. The fraction of sp³-hybridized carbons (Fsp3) is 0.733. The van der Waals surface area contributed by atoms with Crippen LogP contribution in [0.3, 0.4) is 0 Å². The number of nitrogens with zero attached hydrogens (tertiary/aromatic N) is 1. The number of rotatable bonds is 9. The van der Waals surface area contributed by atoms with Gasteiger partial charge in [0.2, 0.25) is 5.78 Å². The molecule has 0 radical (unpaired) electrons. The van der Waals surface area contributed by atoms with Crippen LogP contribution in [-0.4, -0.2) is 10.8 Å². The molecule has 1 heterocycles. The molecule has 0 aromatic carbocycles. The van der Waals surface area contributed by atoms with Gasteiger partial charge in [-0.25, -0.2) is 4.98 Å². The van der Waals surface area contributed by atoms with E-state index < -0.39 is 0 Å². The molecule has 1 aromatic rings. The summed E-state index contributed by atoms with van der Waals surface area (Å²) >= 11 is 0. The lowest BCUT2D eigenvalue weighted by atomic mass is 9.92. The van der Waals surface area contributed by atoms with Crippen molar-refractivity contribution in [2.24, 2.45) is 5.92 Å². The van der Waals surface area contributed by atoms with Gasteiger partial charge in [0.15, 0.2) is 12.2 Å². The van der Waals surface area contributed by atoms with Crippen molar-refractivity contribution in [1.82, 2.24) is 4.98 Å². The Morgan fingerprint density at radius 2 is 2.00 bits per heavy atom. The van der Waals surface area contributed by atoms with Crippen molar-refractivity contribution in [3.8, 4) is 0 Å². The summed E-state index contributed by atoms with van der Waals surface area (Å²) in [6, 6.07) is 0. The highest BCUT2D eigenvalue weighted by Crippen LogP contribution is 2.21. The molecule has 0 bridgehead atoms. The van der Waals surface area contributed by atoms with Crippen molar-refractivity contribution in [2.45, 2.75) is 65.7 Å². The number of aromatic nitrogens is 1. The lowest BCUT2D eigenvalue weighted by Crippen LogP contribution is -2.14. The number of ketones is 1. The van der Waals surface area contributed by atoms with E-state index in [-0.39, 0.29) is 11.7 Å². The van der Waals surface area contributed by atoms with Crippen LogP contribution in [0.25, 0.3) is 0 Å². The Kier molecular flexibility index (Phi) is 6.69. The molecule has 0 saturated carbocycles. The second-order valence-corrected chi connectivity index (χ2v) is 4.94. The average molecular weight is 251 g/mol. The maximum atomic E-state index is 12.2. The molecule has 0 fully saturated rings. The first kappa shape index (κ1) is 14.9. The predicted octanol–water partition coefficient (Wildman–Crippen LogP) is 4.55. The second-order valence-electron chi connectivity index (χ2n) is 4.94. The smallest absolute Gasteiger partial charge is 0.203 e. The predicted molar refractivity (Wildman–Crippen MR) is 72.7 cm³/mol. The van der Waals surface area contributed by atoms with Gasteiger partial charge in [-0.2, -0.15) is 0 Å². The summed E-state index contributed by atoms with van der Waals surface area (Å²) in [5, 5.41) is 0. The zero-order chi connectivity index (χ0) is 13.4. The van der Waals surface area contributed by atoms with Crippen molar-refractivity contribution >= 4 is 5.78 Å². The quantitative estimate of drug-likeness (QED) is 0.477. The van der Waals surface area contributed by atoms with E-state index >= 15 is 0 Å². The van der Waals surface area contributed by atoms with E-state index in [2.05, 4.69) is 18.8 Å². The zero-order valence-electron chi connectivity index (χ0n) is 11.9. The first-order chi connectivity index (χ1) is 8.70. The van der Waals surface area contributed by atoms with Gasteiger partial charge in [0.1, 0.15) is 0 Å². The third-order valence-corrected chi connectivity index (χ3v) is 3.49. The Balaban J connectivity index is 2.41. The number of aryl methyl sites for hydroxylation is 1. The van der Waals surface area contributed by atoms with Crippen LogP contribution < -0.4 is 0 Å². The fourth-order valence-corrected chi connectivity index (χ4v) is 2.24. The summed E-state index contributed by atoms with van der Waals surface area (Å²) in [6.45, 7) is 6.11. The summed E-state index contributed by atoms with van der Waals surface area (Å²) in [4.78, 5) is 16.2. The van der Waals surface area contributed by atoms with Crippen LogP contribution in [-0.2, 0) is 0 Å². The number of Topliss-reactive ketones (excluding diaryl/α,β-unsaturated/α-hetero) is 1. The first-order valence-corrected chi connectivity index (χ1v) is 7.15.